The van der Waals surface area contributed by atoms with Crippen molar-refractivity contribution in [3.05, 3.63) is 51.5 Å². The first-order chi connectivity index (χ1) is 11.5. The third-order valence-corrected chi connectivity index (χ3v) is 4.61. The number of ketones is 1. The smallest absolute Gasteiger partial charge is 0.173 e. The van der Waals surface area contributed by atoms with Crippen LogP contribution in [0.3, 0.4) is 0 Å². The Labute approximate surface area is 149 Å². The topological polar surface area (TPSA) is 104 Å². The quantitative estimate of drug-likeness (QED) is 0.648. The molecule has 5 nitrogen and oxygen atoms in total. The van der Waals surface area contributed by atoms with E-state index >= 15 is 0 Å². The summed E-state index contributed by atoms with van der Waals surface area (Å²) in [5.74, 6) is 0.0794. The minimum absolute atomic E-state index is 0.0785. The Bertz CT molecular complexity index is 866. The van der Waals surface area contributed by atoms with Gasteiger partial charge in [-0.15, -0.1) is 0 Å². The predicted molar refractivity (Wildman–Crippen MR) is 94.0 cm³/mol. The molecule has 0 fully saturated rings. The summed E-state index contributed by atoms with van der Waals surface area (Å²) in [4.78, 5) is 16.4. The molecule has 0 saturated carbocycles. The van der Waals surface area contributed by atoms with Crippen LogP contribution in [0.15, 0.2) is 29.3 Å². The van der Waals surface area contributed by atoms with E-state index in [1.165, 1.54) is 0 Å². The molecule has 0 spiro atoms. The van der Waals surface area contributed by atoms with E-state index in [2.05, 4.69) is 11.1 Å². The second-order valence-corrected chi connectivity index (χ2v) is 6.23. The van der Waals surface area contributed by atoms with Gasteiger partial charge in [0.05, 0.1) is 16.9 Å². The monoisotopic (exact) mass is 356 g/mol. The van der Waals surface area contributed by atoms with E-state index in [1.807, 2.05) is 13.0 Å². The fourth-order valence-corrected chi connectivity index (χ4v) is 3.22. The molecule has 0 aliphatic rings. The number of hydrogen-bond donors (Lipinski definition) is 1. The van der Waals surface area contributed by atoms with Crippen molar-refractivity contribution in [1.82, 2.24) is 4.98 Å². The number of anilines is 1. The first-order valence-electron chi connectivity index (χ1n) is 7.05. The highest BCUT2D eigenvalue weighted by atomic mass is 35.5. The summed E-state index contributed by atoms with van der Waals surface area (Å²) < 4.78 is 0. The molecule has 2 N–H and O–H groups in total. The highest BCUT2D eigenvalue weighted by Gasteiger charge is 2.18. The van der Waals surface area contributed by atoms with Gasteiger partial charge in [-0.25, -0.2) is 4.98 Å². The Hall–Kier alpha value is -2.54. The molecule has 2 rings (SSSR count). The van der Waals surface area contributed by atoms with Gasteiger partial charge in [-0.3, -0.25) is 4.79 Å². The van der Waals surface area contributed by atoms with Crippen molar-refractivity contribution in [1.29, 1.82) is 10.5 Å². The number of aromatic nitrogens is 1. The summed E-state index contributed by atoms with van der Waals surface area (Å²) in [6.07, 6.45) is 0.483. The van der Waals surface area contributed by atoms with Crippen LogP contribution >= 0.6 is 23.4 Å². The number of carbonyl (C=O) groups excluding carboxylic acids is 1. The fraction of sp³-hybridized carbons (Fsp3) is 0.176. The highest BCUT2D eigenvalue weighted by molar-refractivity contribution is 8.00. The van der Waals surface area contributed by atoms with Gasteiger partial charge in [0.15, 0.2) is 5.78 Å². The van der Waals surface area contributed by atoms with E-state index in [0.717, 1.165) is 11.8 Å². The molecule has 0 atom stereocenters. The number of Topliss-reactive ketones (excluding diaryl/α,β-unsaturated/α-hetero) is 1. The fourth-order valence-electron chi connectivity index (χ4n) is 2.18. The van der Waals surface area contributed by atoms with E-state index in [-0.39, 0.29) is 22.9 Å². The summed E-state index contributed by atoms with van der Waals surface area (Å²) >= 11 is 6.94. The van der Waals surface area contributed by atoms with Crippen molar-refractivity contribution in [2.75, 3.05) is 11.5 Å². The number of rotatable bonds is 5. The van der Waals surface area contributed by atoms with Gasteiger partial charge >= 0.3 is 0 Å². The van der Waals surface area contributed by atoms with Crippen LogP contribution in [0, 0.1) is 22.7 Å². The van der Waals surface area contributed by atoms with Crippen LogP contribution < -0.4 is 5.73 Å². The molecular weight excluding hydrogens is 344 g/mol. The van der Waals surface area contributed by atoms with E-state index in [0.29, 0.717) is 33.2 Å². The molecule has 0 unspecified atom stereocenters. The minimum atomic E-state index is -0.108. The van der Waals surface area contributed by atoms with Gasteiger partial charge in [0.25, 0.3) is 0 Å². The van der Waals surface area contributed by atoms with Crippen molar-refractivity contribution in [2.24, 2.45) is 0 Å². The number of benzene rings is 1. The lowest BCUT2D eigenvalue weighted by Crippen LogP contribution is -2.07. The van der Waals surface area contributed by atoms with Crippen molar-refractivity contribution in [2.45, 2.75) is 18.4 Å². The van der Waals surface area contributed by atoms with Crippen molar-refractivity contribution < 1.29 is 4.79 Å². The summed E-state index contributed by atoms with van der Waals surface area (Å²) in [7, 11) is 0. The van der Waals surface area contributed by atoms with E-state index < -0.39 is 0 Å². The van der Waals surface area contributed by atoms with Crippen molar-refractivity contribution in [3.63, 3.8) is 0 Å². The Kier molecular flexibility index (Phi) is 5.81. The maximum atomic E-state index is 12.2. The zero-order valence-electron chi connectivity index (χ0n) is 12.8. The predicted octanol–water partition coefficient (Wildman–Crippen LogP) is 3.60. The largest absolute Gasteiger partial charge is 0.383 e. The average molecular weight is 357 g/mol. The van der Waals surface area contributed by atoms with E-state index in [4.69, 9.17) is 17.3 Å². The second-order valence-electron chi connectivity index (χ2n) is 4.83. The zero-order chi connectivity index (χ0) is 17.7. The Morgan fingerprint density at radius 3 is 2.42 bits per heavy atom. The van der Waals surface area contributed by atoms with Crippen molar-refractivity contribution >= 4 is 35.0 Å². The van der Waals surface area contributed by atoms with Crippen LogP contribution in [0.25, 0.3) is 0 Å². The number of carbonyl (C=O) groups is 1. The second kappa shape index (κ2) is 7.83. The first kappa shape index (κ1) is 17.8. The van der Waals surface area contributed by atoms with Crippen LogP contribution in [0.5, 0.6) is 0 Å². The molecule has 1 aromatic carbocycles. The lowest BCUT2D eigenvalue weighted by Gasteiger charge is -2.11. The maximum absolute atomic E-state index is 12.2. The summed E-state index contributed by atoms with van der Waals surface area (Å²) in [5, 5.41) is 19.5. The molecule has 24 heavy (non-hydrogen) atoms. The molecule has 1 heterocycles. The lowest BCUT2D eigenvalue weighted by atomic mass is 10.0. The molecule has 0 saturated heterocycles. The van der Waals surface area contributed by atoms with Gasteiger partial charge in [-0.05, 0) is 36.2 Å². The minimum Gasteiger partial charge on any atom is -0.383 e. The molecule has 7 heteroatoms. The molecule has 2 aromatic rings. The number of nitrogens with zero attached hydrogens (tertiary/aromatic N) is 3. The SMILES string of the molecule is CCc1c(C#N)c(N)nc(SCC(=O)c2ccc(Cl)cc2)c1C#N. The van der Waals surface area contributed by atoms with Crippen LogP contribution in [-0.4, -0.2) is 16.5 Å². The molecule has 1 aromatic heterocycles. The standard InChI is InChI=1S/C17H13ClN4OS/c1-2-12-13(7-19)16(21)22-17(14(12)8-20)24-9-15(23)10-3-5-11(18)6-4-10/h3-6H,2,9H2,1H3,(H2,21,22). The number of nitriles is 2. The van der Waals surface area contributed by atoms with Crippen molar-refractivity contribution in [3.8, 4) is 12.1 Å². The summed E-state index contributed by atoms with van der Waals surface area (Å²) in [5.41, 5.74) is 7.43. The van der Waals surface area contributed by atoms with Gasteiger partial charge in [0.2, 0.25) is 0 Å². The summed E-state index contributed by atoms with van der Waals surface area (Å²) in [6.45, 7) is 1.84. The third-order valence-electron chi connectivity index (χ3n) is 3.38. The molecule has 120 valence electrons. The number of pyridine rings is 1. The summed E-state index contributed by atoms with van der Waals surface area (Å²) in [6, 6.07) is 10.6. The highest BCUT2D eigenvalue weighted by Crippen LogP contribution is 2.29. The van der Waals surface area contributed by atoms with Gasteiger partial charge < -0.3 is 5.73 Å². The van der Waals surface area contributed by atoms with Gasteiger partial charge in [-0.2, -0.15) is 10.5 Å². The molecule has 0 aliphatic heterocycles. The normalized spacial score (nSPS) is 10.0. The van der Waals surface area contributed by atoms with Gasteiger partial charge in [0, 0.05) is 10.6 Å². The van der Waals surface area contributed by atoms with Gasteiger partial charge in [0.1, 0.15) is 23.0 Å². The van der Waals surface area contributed by atoms with Crippen LogP contribution in [-0.2, 0) is 6.42 Å². The number of nitrogen functional groups attached to an aromatic ring is 1. The number of thioether (sulfide) groups is 1. The van der Waals surface area contributed by atoms with Gasteiger partial charge in [-0.1, -0.05) is 30.3 Å². The lowest BCUT2D eigenvalue weighted by molar-refractivity contribution is 0.102. The third kappa shape index (κ3) is 3.68. The molecule has 0 bridgehead atoms. The van der Waals surface area contributed by atoms with E-state index in [9.17, 15) is 15.3 Å². The molecule has 0 radical (unpaired) electrons. The number of nitrogens with two attached hydrogens (primary N) is 1. The first-order valence-corrected chi connectivity index (χ1v) is 8.42. The Morgan fingerprint density at radius 2 is 1.88 bits per heavy atom. The van der Waals surface area contributed by atoms with Crippen LogP contribution in [0.4, 0.5) is 5.82 Å². The number of halogens is 1. The van der Waals surface area contributed by atoms with Crippen LogP contribution in [0.1, 0.15) is 34.0 Å². The zero-order valence-corrected chi connectivity index (χ0v) is 14.4. The van der Waals surface area contributed by atoms with E-state index in [1.54, 1.807) is 24.3 Å². The number of hydrogen-bond acceptors (Lipinski definition) is 6. The molecule has 0 amide bonds. The maximum Gasteiger partial charge on any atom is 0.173 e. The molecule has 0 aliphatic carbocycles. The Morgan fingerprint density at radius 1 is 1.25 bits per heavy atom. The Balaban J connectivity index is 2.29. The van der Waals surface area contributed by atoms with Crippen LogP contribution in [0.2, 0.25) is 5.02 Å². The average Bonchev–Trinajstić information content (AvgIpc) is 2.59. The molecular formula is C17H13ClN4OS.